The van der Waals surface area contributed by atoms with Crippen LogP contribution in [0.25, 0.3) is 0 Å². The van der Waals surface area contributed by atoms with Crippen molar-refractivity contribution in [3.05, 3.63) is 46.1 Å². The fraction of sp³-hybridized carbons (Fsp3) is 0.100. The van der Waals surface area contributed by atoms with E-state index in [0.29, 0.717) is 10.3 Å². The van der Waals surface area contributed by atoms with E-state index in [4.69, 9.17) is 5.73 Å². The molecule has 0 unspecified atom stereocenters. The summed E-state index contributed by atoms with van der Waals surface area (Å²) in [6.07, 6.45) is 1.61. The summed E-state index contributed by atoms with van der Waals surface area (Å²) in [6.45, 7) is 0.138. The monoisotopic (exact) mass is 287 g/mol. The molecular formula is C10H8BrF2N3. The highest BCUT2D eigenvalue weighted by Gasteiger charge is 2.07. The highest BCUT2D eigenvalue weighted by atomic mass is 79.9. The first-order chi connectivity index (χ1) is 7.56. The van der Waals surface area contributed by atoms with E-state index >= 15 is 0 Å². The molecule has 16 heavy (non-hydrogen) atoms. The lowest BCUT2D eigenvalue weighted by molar-refractivity contribution is 0.567. The van der Waals surface area contributed by atoms with Gasteiger partial charge in [0.1, 0.15) is 11.6 Å². The van der Waals surface area contributed by atoms with Crippen molar-refractivity contribution in [2.75, 3.05) is 5.73 Å². The second-order valence-corrected chi connectivity index (χ2v) is 4.15. The molecule has 0 atom stereocenters. The maximum atomic E-state index is 13.3. The fourth-order valence-corrected chi connectivity index (χ4v) is 1.65. The molecule has 1 heterocycles. The zero-order valence-corrected chi connectivity index (χ0v) is 9.71. The van der Waals surface area contributed by atoms with Crippen LogP contribution < -0.4 is 5.73 Å². The molecule has 0 saturated carbocycles. The number of halogens is 3. The number of nitrogens with zero attached hydrogens (tertiary/aromatic N) is 2. The minimum Gasteiger partial charge on any atom is -0.381 e. The second kappa shape index (κ2) is 4.21. The third kappa shape index (κ3) is 2.21. The molecule has 3 nitrogen and oxygen atoms in total. The van der Waals surface area contributed by atoms with Gasteiger partial charge in [-0.3, -0.25) is 4.68 Å². The minimum atomic E-state index is -0.476. The number of hydrogen-bond acceptors (Lipinski definition) is 2. The summed E-state index contributed by atoms with van der Waals surface area (Å²) < 4.78 is 28.3. The Kier molecular flexibility index (Phi) is 2.91. The normalized spacial score (nSPS) is 10.7. The topological polar surface area (TPSA) is 43.8 Å². The van der Waals surface area contributed by atoms with Crippen molar-refractivity contribution >= 4 is 21.7 Å². The summed E-state index contributed by atoms with van der Waals surface area (Å²) in [4.78, 5) is 0. The quantitative estimate of drug-likeness (QED) is 0.923. The fourth-order valence-electron chi connectivity index (χ4n) is 1.33. The van der Waals surface area contributed by atoms with Gasteiger partial charge in [0.25, 0.3) is 0 Å². The maximum absolute atomic E-state index is 13.3. The summed E-state index contributed by atoms with van der Waals surface area (Å²) >= 11 is 3.19. The summed E-state index contributed by atoms with van der Waals surface area (Å²) in [5.74, 6) is -0.626. The van der Waals surface area contributed by atoms with Crippen LogP contribution in [0.3, 0.4) is 0 Å². The number of benzene rings is 1. The first kappa shape index (κ1) is 11.1. The van der Waals surface area contributed by atoms with Gasteiger partial charge in [-0.1, -0.05) is 0 Å². The van der Waals surface area contributed by atoms with E-state index < -0.39 is 11.6 Å². The van der Waals surface area contributed by atoms with E-state index in [1.807, 2.05) is 0 Å². The Morgan fingerprint density at radius 3 is 2.75 bits per heavy atom. The van der Waals surface area contributed by atoms with Crippen molar-refractivity contribution in [1.82, 2.24) is 9.78 Å². The van der Waals surface area contributed by atoms with Gasteiger partial charge < -0.3 is 5.73 Å². The van der Waals surface area contributed by atoms with Crippen molar-refractivity contribution in [1.29, 1.82) is 0 Å². The van der Waals surface area contributed by atoms with E-state index in [0.717, 1.165) is 18.2 Å². The molecule has 0 bridgehead atoms. The molecule has 0 radical (unpaired) electrons. The maximum Gasteiger partial charge on any atom is 0.159 e. The summed E-state index contributed by atoms with van der Waals surface area (Å²) in [6, 6.07) is 3.31. The highest BCUT2D eigenvalue weighted by Crippen LogP contribution is 2.18. The van der Waals surface area contributed by atoms with E-state index in [2.05, 4.69) is 21.0 Å². The van der Waals surface area contributed by atoms with E-state index in [9.17, 15) is 8.78 Å². The SMILES string of the molecule is Nc1nn(Cc2cc(F)ccc2F)cc1Br. The van der Waals surface area contributed by atoms with Gasteiger partial charge in [0.2, 0.25) is 0 Å². The number of nitrogens with two attached hydrogens (primary N) is 1. The van der Waals surface area contributed by atoms with Crippen LogP contribution in [0.1, 0.15) is 5.56 Å². The van der Waals surface area contributed by atoms with Crippen molar-refractivity contribution in [3.8, 4) is 0 Å². The molecule has 1 aromatic carbocycles. The summed E-state index contributed by atoms with van der Waals surface area (Å²) in [5.41, 5.74) is 5.75. The van der Waals surface area contributed by atoms with Crippen LogP contribution in [0.4, 0.5) is 14.6 Å². The number of anilines is 1. The highest BCUT2D eigenvalue weighted by molar-refractivity contribution is 9.10. The largest absolute Gasteiger partial charge is 0.381 e. The molecule has 0 fully saturated rings. The van der Waals surface area contributed by atoms with Gasteiger partial charge in [-0.2, -0.15) is 5.10 Å². The van der Waals surface area contributed by atoms with Crippen molar-refractivity contribution in [2.24, 2.45) is 0 Å². The van der Waals surface area contributed by atoms with Crippen LogP contribution in [-0.4, -0.2) is 9.78 Å². The number of rotatable bonds is 2. The summed E-state index contributed by atoms with van der Waals surface area (Å²) in [7, 11) is 0. The van der Waals surface area contributed by atoms with Gasteiger partial charge in [-0.15, -0.1) is 0 Å². The molecule has 0 aliphatic heterocycles. The van der Waals surface area contributed by atoms with Gasteiger partial charge in [-0.25, -0.2) is 8.78 Å². The lowest BCUT2D eigenvalue weighted by atomic mass is 10.2. The lowest BCUT2D eigenvalue weighted by Crippen LogP contribution is -2.03. The average Bonchev–Trinajstić information content (AvgIpc) is 2.52. The van der Waals surface area contributed by atoms with Crippen molar-refractivity contribution < 1.29 is 8.78 Å². The molecule has 0 amide bonds. The van der Waals surface area contributed by atoms with E-state index in [1.165, 1.54) is 4.68 Å². The second-order valence-electron chi connectivity index (χ2n) is 3.30. The zero-order chi connectivity index (χ0) is 11.7. The van der Waals surface area contributed by atoms with Gasteiger partial charge in [0.15, 0.2) is 5.82 Å². The molecule has 84 valence electrons. The molecule has 6 heteroatoms. The van der Waals surface area contributed by atoms with E-state index in [1.54, 1.807) is 6.20 Å². The third-order valence-electron chi connectivity index (χ3n) is 2.08. The zero-order valence-electron chi connectivity index (χ0n) is 8.12. The summed E-state index contributed by atoms with van der Waals surface area (Å²) in [5, 5.41) is 3.93. The van der Waals surface area contributed by atoms with Gasteiger partial charge in [0.05, 0.1) is 11.0 Å². The van der Waals surface area contributed by atoms with Gasteiger partial charge in [-0.05, 0) is 34.1 Å². The van der Waals surface area contributed by atoms with Crippen LogP contribution in [-0.2, 0) is 6.54 Å². The Morgan fingerprint density at radius 1 is 1.38 bits per heavy atom. The molecule has 2 aromatic rings. The Hall–Kier alpha value is -1.43. The number of aromatic nitrogens is 2. The molecule has 1 aromatic heterocycles. The molecule has 0 aliphatic carbocycles. The first-order valence-electron chi connectivity index (χ1n) is 4.48. The molecule has 2 N–H and O–H groups in total. The lowest BCUT2D eigenvalue weighted by Gasteiger charge is -2.03. The molecule has 0 spiro atoms. The van der Waals surface area contributed by atoms with Crippen LogP contribution in [0.2, 0.25) is 0 Å². The predicted molar refractivity (Wildman–Crippen MR) is 59.8 cm³/mol. The molecule has 0 saturated heterocycles. The minimum absolute atomic E-state index is 0.138. The Morgan fingerprint density at radius 2 is 2.12 bits per heavy atom. The first-order valence-corrected chi connectivity index (χ1v) is 5.28. The van der Waals surface area contributed by atoms with Gasteiger partial charge >= 0.3 is 0 Å². The van der Waals surface area contributed by atoms with Crippen molar-refractivity contribution in [2.45, 2.75) is 6.54 Å². The Balaban J connectivity index is 2.29. The Labute approximate surface area is 99.0 Å². The van der Waals surface area contributed by atoms with Crippen LogP contribution in [0, 0.1) is 11.6 Å². The van der Waals surface area contributed by atoms with Crippen LogP contribution in [0.15, 0.2) is 28.9 Å². The number of hydrogen-bond donors (Lipinski definition) is 1. The predicted octanol–water partition coefficient (Wildman–Crippen LogP) is 2.55. The average molecular weight is 288 g/mol. The van der Waals surface area contributed by atoms with Crippen LogP contribution in [0.5, 0.6) is 0 Å². The standard InChI is InChI=1S/C10H8BrF2N3/c11-8-5-16(15-10(8)14)4-6-3-7(12)1-2-9(6)13/h1-3,5H,4H2,(H2,14,15). The van der Waals surface area contributed by atoms with Gasteiger partial charge in [0, 0.05) is 11.8 Å². The van der Waals surface area contributed by atoms with Crippen molar-refractivity contribution in [3.63, 3.8) is 0 Å². The molecular weight excluding hydrogens is 280 g/mol. The molecule has 0 aliphatic rings. The number of nitrogen functional groups attached to an aromatic ring is 1. The molecule has 2 rings (SSSR count). The van der Waals surface area contributed by atoms with E-state index in [-0.39, 0.29) is 12.1 Å². The van der Waals surface area contributed by atoms with Crippen LogP contribution >= 0.6 is 15.9 Å². The smallest absolute Gasteiger partial charge is 0.159 e. The Bertz CT molecular complexity index is 505. The third-order valence-corrected chi connectivity index (χ3v) is 2.69.